The van der Waals surface area contributed by atoms with Crippen molar-refractivity contribution in [1.29, 1.82) is 0 Å². The van der Waals surface area contributed by atoms with Gasteiger partial charge in [0, 0.05) is 23.5 Å². The summed E-state index contributed by atoms with van der Waals surface area (Å²) in [5.74, 6) is 1.37. The summed E-state index contributed by atoms with van der Waals surface area (Å²) in [6, 6.07) is 17.7. The summed E-state index contributed by atoms with van der Waals surface area (Å²) in [4.78, 5) is 32.0. The summed E-state index contributed by atoms with van der Waals surface area (Å²) >= 11 is 1.74. The minimum atomic E-state index is -0.178. The van der Waals surface area contributed by atoms with Crippen LogP contribution >= 0.6 is 11.3 Å². The molecule has 5 nitrogen and oxygen atoms in total. The highest BCUT2D eigenvalue weighted by molar-refractivity contribution is 7.10. The molecule has 4 rings (SSSR count). The Hall–Kier alpha value is -3.12. The summed E-state index contributed by atoms with van der Waals surface area (Å²) in [7, 11) is 0. The van der Waals surface area contributed by atoms with Crippen molar-refractivity contribution in [2.24, 2.45) is 5.92 Å². The van der Waals surface area contributed by atoms with Crippen LogP contribution in [0.25, 0.3) is 0 Å². The van der Waals surface area contributed by atoms with Crippen LogP contribution in [0, 0.1) is 12.8 Å². The minimum absolute atomic E-state index is 0.0401. The molecule has 6 heteroatoms. The first-order chi connectivity index (χ1) is 17.7. The van der Waals surface area contributed by atoms with Crippen LogP contribution in [0.2, 0.25) is 0 Å². The maximum Gasteiger partial charge on any atom is 0.254 e. The molecule has 2 aromatic carbocycles. The molecule has 0 bridgehead atoms. The second kappa shape index (κ2) is 12.0. The van der Waals surface area contributed by atoms with Gasteiger partial charge >= 0.3 is 0 Å². The Bertz CT molecular complexity index is 1200. The summed E-state index contributed by atoms with van der Waals surface area (Å²) in [5.41, 5.74) is 4.14. The Balaban J connectivity index is 1.51. The molecule has 1 aliphatic heterocycles. The zero-order valence-corrected chi connectivity index (χ0v) is 23.4. The van der Waals surface area contributed by atoms with Crippen LogP contribution < -0.4 is 4.74 Å². The minimum Gasteiger partial charge on any atom is -0.491 e. The number of thiophene rings is 1. The Morgan fingerprint density at radius 2 is 1.73 bits per heavy atom. The van der Waals surface area contributed by atoms with Crippen molar-refractivity contribution in [3.05, 3.63) is 87.1 Å². The van der Waals surface area contributed by atoms with Gasteiger partial charge in [-0.1, -0.05) is 57.5 Å². The van der Waals surface area contributed by atoms with E-state index >= 15 is 0 Å². The van der Waals surface area contributed by atoms with E-state index in [2.05, 4.69) is 51.3 Å². The number of ether oxygens (including phenoxy) is 1. The van der Waals surface area contributed by atoms with Gasteiger partial charge in [-0.05, 0) is 72.0 Å². The van der Waals surface area contributed by atoms with E-state index < -0.39 is 0 Å². The third-order valence-corrected chi connectivity index (χ3v) is 7.86. The first-order valence-electron chi connectivity index (χ1n) is 13.2. The van der Waals surface area contributed by atoms with Crippen molar-refractivity contribution in [3.8, 4) is 5.75 Å². The molecule has 196 valence electrons. The first kappa shape index (κ1) is 26.9. The zero-order chi connectivity index (χ0) is 26.5. The van der Waals surface area contributed by atoms with Crippen LogP contribution in [0.4, 0.5) is 0 Å². The molecular formula is C31H38N2O3S. The van der Waals surface area contributed by atoms with Crippen LogP contribution in [0.5, 0.6) is 5.75 Å². The highest BCUT2D eigenvalue weighted by Crippen LogP contribution is 2.34. The van der Waals surface area contributed by atoms with E-state index in [0.717, 1.165) is 23.3 Å². The topological polar surface area (TPSA) is 49.9 Å². The summed E-state index contributed by atoms with van der Waals surface area (Å²) in [5, 5.41) is 2.09. The molecule has 1 atom stereocenters. The quantitative estimate of drug-likeness (QED) is 0.326. The van der Waals surface area contributed by atoms with Crippen molar-refractivity contribution in [2.45, 2.75) is 53.0 Å². The predicted molar refractivity (Wildman–Crippen MR) is 150 cm³/mol. The number of nitrogens with zero attached hydrogens (tertiary/aromatic N) is 2. The van der Waals surface area contributed by atoms with Crippen molar-refractivity contribution in [2.75, 3.05) is 26.2 Å². The van der Waals surface area contributed by atoms with E-state index in [0.29, 0.717) is 31.2 Å². The fourth-order valence-electron chi connectivity index (χ4n) is 4.79. The van der Waals surface area contributed by atoms with Crippen molar-refractivity contribution in [1.82, 2.24) is 9.80 Å². The number of hydrogen-bond donors (Lipinski definition) is 0. The van der Waals surface area contributed by atoms with Crippen LogP contribution in [0.15, 0.2) is 60.0 Å². The number of aryl methyl sites for hydroxylation is 1. The number of benzene rings is 2. The van der Waals surface area contributed by atoms with Crippen LogP contribution in [-0.4, -0.2) is 47.9 Å². The van der Waals surface area contributed by atoms with Crippen LogP contribution in [-0.2, 0) is 11.2 Å². The average molecular weight is 519 g/mol. The summed E-state index contributed by atoms with van der Waals surface area (Å²) in [6.07, 6.45) is 0.828. The van der Waals surface area contributed by atoms with Gasteiger partial charge < -0.3 is 14.5 Å². The molecule has 1 aromatic heterocycles. The Kier molecular flexibility index (Phi) is 8.70. The van der Waals surface area contributed by atoms with E-state index in [1.807, 2.05) is 48.2 Å². The predicted octanol–water partition coefficient (Wildman–Crippen LogP) is 6.48. The molecule has 0 N–H and O–H groups in total. The highest BCUT2D eigenvalue weighted by Gasteiger charge is 2.33. The van der Waals surface area contributed by atoms with Crippen molar-refractivity contribution in [3.63, 3.8) is 0 Å². The molecule has 0 spiro atoms. The molecule has 0 saturated heterocycles. The van der Waals surface area contributed by atoms with Gasteiger partial charge in [-0.15, -0.1) is 11.3 Å². The molecule has 0 fully saturated rings. The Morgan fingerprint density at radius 1 is 1.03 bits per heavy atom. The molecule has 1 aliphatic rings. The monoisotopic (exact) mass is 518 g/mol. The lowest BCUT2D eigenvalue weighted by atomic mass is 10.00. The third-order valence-electron chi connectivity index (χ3n) is 6.87. The van der Waals surface area contributed by atoms with Crippen molar-refractivity contribution < 1.29 is 14.3 Å². The number of hydrogen-bond acceptors (Lipinski definition) is 4. The van der Waals surface area contributed by atoms with E-state index in [9.17, 15) is 9.59 Å². The molecule has 0 saturated carbocycles. The van der Waals surface area contributed by atoms with Gasteiger partial charge in [0.1, 0.15) is 18.9 Å². The van der Waals surface area contributed by atoms with Gasteiger partial charge in [-0.25, -0.2) is 0 Å². The molecule has 1 unspecified atom stereocenters. The van der Waals surface area contributed by atoms with Gasteiger partial charge in [-0.3, -0.25) is 9.59 Å². The number of carbonyl (C=O) groups excluding carboxylic acids is 2. The maximum atomic E-state index is 13.7. The van der Waals surface area contributed by atoms with Crippen LogP contribution in [0.1, 0.15) is 71.6 Å². The normalized spacial score (nSPS) is 15.1. The van der Waals surface area contributed by atoms with Gasteiger partial charge in [0.2, 0.25) is 5.91 Å². The number of rotatable bonds is 9. The SMILES string of the molecule is Cc1ccc(C(=O)N(CC(=O)N2CCc3sccc3C2COc2ccc(C(C)C)cc2)CC(C)C)cc1. The summed E-state index contributed by atoms with van der Waals surface area (Å²) in [6.45, 7) is 12.1. The fourth-order valence-corrected chi connectivity index (χ4v) is 5.72. The fraction of sp³-hybridized carbons (Fsp3) is 0.419. The van der Waals surface area contributed by atoms with Crippen molar-refractivity contribution >= 4 is 23.2 Å². The van der Waals surface area contributed by atoms with E-state index in [1.165, 1.54) is 10.4 Å². The van der Waals surface area contributed by atoms with Gasteiger partial charge in [-0.2, -0.15) is 0 Å². The third kappa shape index (κ3) is 6.61. The molecule has 3 aromatic rings. The Labute approximate surface area is 225 Å². The van der Waals surface area contributed by atoms with E-state index in [4.69, 9.17) is 4.74 Å². The highest BCUT2D eigenvalue weighted by atomic mass is 32.1. The molecule has 0 aliphatic carbocycles. The first-order valence-corrected chi connectivity index (χ1v) is 14.0. The number of fused-ring (bicyclic) bond motifs is 1. The lowest BCUT2D eigenvalue weighted by Gasteiger charge is -2.37. The number of carbonyl (C=O) groups is 2. The van der Waals surface area contributed by atoms with Crippen LogP contribution in [0.3, 0.4) is 0 Å². The molecular weight excluding hydrogens is 480 g/mol. The second-order valence-corrected chi connectivity index (χ2v) is 11.6. The van der Waals surface area contributed by atoms with Gasteiger partial charge in [0.25, 0.3) is 5.91 Å². The maximum absolute atomic E-state index is 13.7. The van der Waals surface area contributed by atoms with Gasteiger partial charge in [0.05, 0.1) is 6.04 Å². The average Bonchev–Trinajstić information content (AvgIpc) is 3.36. The standard InChI is InChI=1S/C31H38N2O3S/c1-21(2)18-32(31(35)25-8-6-23(5)7-9-25)19-30(34)33-16-14-29-27(15-17-37-29)28(33)20-36-26-12-10-24(11-13-26)22(3)4/h6-13,15,17,21-22,28H,14,16,18-20H2,1-5H3. The lowest BCUT2D eigenvalue weighted by Crippen LogP contribution is -2.48. The Morgan fingerprint density at radius 3 is 2.38 bits per heavy atom. The number of amides is 2. The zero-order valence-electron chi connectivity index (χ0n) is 22.6. The molecule has 2 heterocycles. The second-order valence-electron chi connectivity index (χ2n) is 10.6. The molecule has 2 amide bonds. The van der Waals surface area contributed by atoms with E-state index in [-0.39, 0.29) is 30.3 Å². The lowest BCUT2D eigenvalue weighted by molar-refractivity contribution is -0.135. The summed E-state index contributed by atoms with van der Waals surface area (Å²) < 4.78 is 6.21. The van der Waals surface area contributed by atoms with E-state index in [1.54, 1.807) is 16.2 Å². The van der Waals surface area contributed by atoms with Gasteiger partial charge in [0.15, 0.2) is 0 Å². The smallest absolute Gasteiger partial charge is 0.254 e. The largest absolute Gasteiger partial charge is 0.491 e. The molecule has 37 heavy (non-hydrogen) atoms. The molecule has 0 radical (unpaired) electrons.